The molecule has 0 aromatic heterocycles. The largest absolute Gasteiger partial charge is 0.771 e. The zero-order chi connectivity index (χ0) is 14.6. The topological polar surface area (TPSA) is 83.2 Å². The van der Waals surface area contributed by atoms with E-state index in [9.17, 15) is 13.6 Å². The van der Waals surface area contributed by atoms with Crippen molar-refractivity contribution in [3.8, 4) is 0 Å². The van der Waals surface area contributed by atoms with Gasteiger partial charge >= 0.3 is 0 Å². The number of nitrogens with two attached hydrogens (primary N) is 1. The smallest absolute Gasteiger partial charge is 0.219 e. The molecule has 2 aromatic carbocycles. The van der Waals surface area contributed by atoms with Crippen molar-refractivity contribution < 1.29 is 13.6 Å². The zero-order valence-corrected chi connectivity index (χ0v) is 11.5. The predicted molar refractivity (Wildman–Crippen MR) is 76.4 cm³/mol. The zero-order valence-electron chi connectivity index (χ0n) is 10.7. The molecular formula is C15H14NO3S-. The second-order valence-corrected chi connectivity index (χ2v) is 5.60. The Hall–Kier alpha value is -1.98. The van der Waals surface area contributed by atoms with Crippen LogP contribution in [0.15, 0.2) is 60.7 Å². The Morgan fingerprint density at radius 2 is 1.40 bits per heavy atom. The quantitative estimate of drug-likeness (QED) is 0.850. The van der Waals surface area contributed by atoms with Crippen LogP contribution in [-0.2, 0) is 20.6 Å². The fourth-order valence-electron chi connectivity index (χ4n) is 2.28. The molecule has 0 fully saturated rings. The highest BCUT2D eigenvalue weighted by atomic mass is 32.2. The number of benzene rings is 2. The van der Waals surface area contributed by atoms with Gasteiger partial charge in [0.05, 0.1) is 11.2 Å². The first-order chi connectivity index (χ1) is 9.57. The lowest BCUT2D eigenvalue weighted by Crippen LogP contribution is -2.37. The van der Waals surface area contributed by atoms with Crippen molar-refractivity contribution in [1.82, 2.24) is 0 Å². The molecule has 0 bridgehead atoms. The van der Waals surface area contributed by atoms with Gasteiger partial charge in [-0.05, 0) is 22.2 Å². The van der Waals surface area contributed by atoms with Crippen LogP contribution in [-0.4, -0.2) is 14.7 Å². The third-order valence-electron chi connectivity index (χ3n) is 3.19. The minimum Gasteiger partial charge on any atom is -0.771 e. The van der Waals surface area contributed by atoms with E-state index in [4.69, 9.17) is 5.73 Å². The summed E-state index contributed by atoms with van der Waals surface area (Å²) in [5.41, 5.74) is 6.33. The van der Waals surface area contributed by atoms with Crippen LogP contribution in [0.2, 0.25) is 0 Å². The highest BCUT2D eigenvalue weighted by Gasteiger charge is 2.37. The first-order valence-corrected chi connectivity index (χ1v) is 7.13. The lowest BCUT2D eigenvalue weighted by atomic mass is 9.87. The van der Waals surface area contributed by atoms with Crippen molar-refractivity contribution in [2.24, 2.45) is 5.73 Å². The number of primary amides is 1. The van der Waals surface area contributed by atoms with Crippen LogP contribution in [0.25, 0.3) is 0 Å². The fraction of sp³-hybridized carbons (Fsp3) is 0.133. The van der Waals surface area contributed by atoms with E-state index >= 15 is 0 Å². The van der Waals surface area contributed by atoms with Gasteiger partial charge in [0.1, 0.15) is 0 Å². The lowest BCUT2D eigenvalue weighted by Gasteiger charge is -2.36. The molecule has 5 heteroatoms. The predicted octanol–water partition coefficient (Wildman–Crippen LogP) is 1.68. The number of carbonyl (C=O) groups excluding carboxylic acids is 1. The van der Waals surface area contributed by atoms with Crippen LogP contribution in [0.1, 0.15) is 17.5 Å². The fourth-order valence-corrected chi connectivity index (χ4v) is 3.20. The Morgan fingerprint density at radius 3 is 1.70 bits per heavy atom. The van der Waals surface area contributed by atoms with Gasteiger partial charge in [-0.2, -0.15) is 0 Å². The van der Waals surface area contributed by atoms with E-state index in [0.717, 1.165) is 0 Å². The van der Waals surface area contributed by atoms with E-state index in [-0.39, 0.29) is 6.42 Å². The summed E-state index contributed by atoms with van der Waals surface area (Å²) in [6.07, 6.45) is -0.295. The summed E-state index contributed by atoms with van der Waals surface area (Å²) < 4.78 is 22.5. The van der Waals surface area contributed by atoms with E-state index in [0.29, 0.717) is 11.1 Å². The standard InChI is InChI=1S/C15H15NO3S/c16-14(17)11-15(20(18)19,12-7-3-1-4-8-12)13-9-5-2-6-10-13/h1-10H,11H2,(H2,16,17)(H,18,19)/p-1. The molecule has 1 unspecified atom stereocenters. The van der Waals surface area contributed by atoms with Gasteiger partial charge in [-0.25, -0.2) is 0 Å². The van der Waals surface area contributed by atoms with Crippen molar-refractivity contribution in [3.63, 3.8) is 0 Å². The Balaban J connectivity index is 2.69. The molecule has 0 aliphatic heterocycles. The molecular weight excluding hydrogens is 274 g/mol. The van der Waals surface area contributed by atoms with Crippen LogP contribution >= 0.6 is 0 Å². The van der Waals surface area contributed by atoms with Gasteiger partial charge in [0.25, 0.3) is 0 Å². The third-order valence-corrected chi connectivity index (χ3v) is 4.37. The van der Waals surface area contributed by atoms with Crippen LogP contribution in [0, 0.1) is 0 Å². The summed E-state index contributed by atoms with van der Waals surface area (Å²) in [5.74, 6) is -0.665. The molecule has 0 saturated carbocycles. The Morgan fingerprint density at radius 1 is 1.00 bits per heavy atom. The minimum atomic E-state index is -2.54. The molecule has 2 rings (SSSR count). The average Bonchev–Trinajstić information content (AvgIpc) is 2.46. The third kappa shape index (κ3) is 2.64. The molecule has 2 N–H and O–H groups in total. The van der Waals surface area contributed by atoms with Gasteiger partial charge in [-0.15, -0.1) is 0 Å². The molecule has 104 valence electrons. The van der Waals surface area contributed by atoms with Crippen LogP contribution in [0.3, 0.4) is 0 Å². The molecule has 1 atom stereocenters. The number of hydrogen-bond donors (Lipinski definition) is 1. The molecule has 1 amide bonds. The molecule has 20 heavy (non-hydrogen) atoms. The molecule has 0 saturated heterocycles. The Bertz CT molecular complexity index is 574. The molecule has 0 aliphatic rings. The lowest BCUT2D eigenvalue weighted by molar-refractivity contribution is -0.118. The molecule has 0 heterocycles. The molecule has 0 spiro atoms. The molecule has 4 nitrogen and oxygen atoms in total. The van der Waals surface area contributed by atoms with E-state index in [1.165, 1.54) is 0 Å². The summed E-state index contributed by atoms with van der Waals surface area (Å²) >= 11 is -2.54. The van der Waals surface area contributed by atoms with E-state index in [1.807, 2.05) is 0 Å². The van der Waals surface area contributed by atoms with E-state index in [1.54, 1.807) is 60.7 Å². The maximum Gasteiger partial charge on any atom is 0.219 e. The van der Waals surface area contributed by atoms with Gasteiger partial charge in [0.15, 0.2) is 0 Å². The number of amides is 1. The summed E-state index contributed by atoms with van der Waals surface area (Å²) in [4.78, 5) is 11.4. The second-order valence-electron chi connectivity index (χ2n) is 4.44. The van der Waals surface area contributed by atoms with Gasteiger partial charge in [-0.3, -0.25) is 9.00 Å². The van der Waals surface area contributed by atoms with E-state index < -0.39 is 21.7 Å². The van der Waals surface area contributed by atoms with Crippen LogP contribution in [0.5, 0.6) is 0 Å². The Labute approximate surface area is 119 Å². The van der Waals surface area contributed by atoms with Crippen molar-refractivity contribution in [2.75, 3.05) is 0 Å². The minimum absolute atomic E-state index is 0.295. The number of rotatable bonds is 5. The summed E-state index contributed by atoms with van der Waals surface area (Å²) in [5, 5.41) is 0. The average molecular weight is 288 g/mol. The second kappa shape index (κ2) is 5.98. The van der Waals surface area contributed by atoms with Crippen molar-refractivity contribution in [2.45, 2.75) is 11.2 Å². The summed E-state index contributed by atoms with van der Waals surface area (Å²) in [7, 11) is 0. The van der Waals surface area contributed by atoms with E-state index in [2.05, 4.69) is 0 Å². The van der Waals surface area contributed by atoms with Gasteiger partial charge in [-0.1, -0.05) is 60.7 Å². The summed E-state index contributed by atoms with van der Waals surface area (Å²) in [6.45, 7) is 0. The summed E-state index contributed by atoms with van der Waals surface area (Å²) in [6, 6.07) is 17.3. The van der Waals surface area contributed by atoms with Gasteiger partial charge < -0.3 is 10.3 Å². The highest BCUT2D eigenvalue weighted by molar-refractivity contribution is 7.80. The molecule has 2 aromatic rings. The van der Waals surface area contributed by atoms with Crippen LogP contribution in [0.4, 0.5) is 0 Å². The molecule has 0 radical (unpaired) electrons. The Kier molecular flexibility index (Phi) is 4.32. The molecule has 0 aliphatic carbocycles. The maximum absolute atomic E-state index is 12.0. The number of carbonyl (C=O) groups is 1. The highest BCUT2D eigenvalue weighted by Crippen LogP contribution is 2.38. The SMILES string of the molecule is NC(=O)CC(c1ccccc1)(c1ccccc1)S(=O)[O-]. The van der Waals surface area contributed by atoms with Crippen molar-refractivity contribution in [3.05, 3.63) is 71.8 Å². The van der Waals surface area contributed by atoms with Gasteiger partial charge in [0, 0.05) is 0 Å². The first kappa shape index (κ1) is 14.4. The van der Waals surface area contributed by atoms with Gasteiger partial charge in [0.2, 0.25) is 5.91 Å². The number of hydrogen-bond acceptors (Lipinski definition) is 3. The first-order valence-electron chi connectivity index (χ1n) is 6.06. The normalized spacial score (nSPS) is 12.8. The monoisotopic (exact) mass is 288 g/mol. The van der Waals surface area contributed by atoms with Crippen LogP contribution < -0.4 is 5.73 Å². The maximum atomic E-state index is 12.0. The van der Waals surface area contributed by atoms with Crippen molar-refractivity contribution in [1.29, 1.82) is 0 Å². The van der Waals surface area contributed by atoms with Crippen molar-refractivity contribution >= 4 is 17.0 Å².